The predicted molar refractivity (Wildman–Crippen MR) is 528 cm³/mol. The third kappa shape index (κ3) is 21.8. The van der Waals surface area contributed by atoms with E-state index in [9.17, 15) is 9.59 Å². The topological polar surface area (TPSA) is 208 Å². The van der Waals surface area contributed by atoms with Crippen LogP contribution in [0.3, 0.4) is 0 Å². The molecule has 0 unspecified atom stereocenters. The zero-order valence-corrected chi connectivity index (χ0v) is 77.0. The van der Waals surface area contributed by atoms with Gasteiger partial charge in [-0.15, -0.1) is 11.4 Å². The lowest BCUT2D eigenvalue weighted by Gasteiger charge is -2.37. The average molecular weight is 1820 g/mol. The molecule has 0 spiro atoms. The Kier molecular flexibility index (Phi) is 30.5. The van der Waals surface area contributed by atoms with E-state index in [0.29, 0.717) is 63.1 Å². The molecular formula is C106H112Cl4N16O4. The van der Waals surface area contributed by atoms with Crippen LogP contribution in [-0.2, 0) is 48.5 Å². The number of allylic oxidation sites excluding steroid dienone is 10. The Balaban J connectivity index is 0.000000122. The Labute approximate surface area is 781 Å². The first-order valence-corrected chi connectivity index (χ1v) is 47.8. The largest absolute Gasteiger partial charge is 0.663 e. The Morgan fingerprint density at radius 3 is 1.48 bits per heavy atom. The van der Waals surface area contributed by atoms with Crippen LogP contribution in [0.4, 0.5) is 9.59 Å². The number of rotatable bonds is 22. The van der Waals surface area contributed by atoms with Crippen LogP contribution in [0.2, 0.25) is 20.1 Å². The van der Waals surface area contributed by atoms with Crippen molar-refractivity contribution >= 4 is 124 Å². The Morgan fingerprint density at radius 1 is 0.477 bits per heavy atom. The van der Waals surface area contributed by atoms with Crippen LogP contribution in [0.1, 0.15) is 160 Å². The molecule has 12 aromatic rings. The summed E-state index contributed by atoms with van der Waals surface area (Å²) < 4.78 is 18.9. The van der Waals surface area contributed by atoms with E-state index in [1.807, 2.05) is 172 Å². The summed E-state index contributed by atoms with van der Waals surface area (Å²) in [7, 11) is 0. The number of ether oxygens (including phenoxy) is 2. The molecule has 20 nitrogen and oxygen atoms in total. The number of fused-ring (bicyclic) bond motifs is 8. The summed E-state index contributed by atoms with van der Waals surface area (Å²) in [5.74, 6) is 1.62. The first-order valence-electron chi connectivity index (χ1n) is 46.3. The van der Waals surface area contributed by atoms with Gasteiger partial charge in [0.05, 0.1) is 76.2 Å². The summed E-state index contributed by atoms with van der Waals surface area (Å²) in [4.78, 5) is 54.5. The Hall–Kier alpha value is -11.6. The van der Waals surface area contributed by atoms with Crippen LogP contribution in [0.15, 0.2) is 268 Å². The summed E-state index contributed by atoms with van der Waals surface area (Å²) in [5, 5.41) is 27.1. The lowest BCUT2D eigenvalue weighted by Crippen LogP contribution is -2.39. The molecule has 0 saturated carbocycles. The van der Waals surface area contributed by atoms with E-state index in [1.165, 1.54) is 99.3 Å². The van der Waals surface area contributed by atoms with Crippen molar-refractivity contribution in [2.45, 2.75) is 155 Å². The number of hydrogen-bond acceptors (Lipinski definition) is 12. The number of nitrogens with zero attached hydrogens (tertiary/aromatic N) is 14. The highest BCUT2D eigenvalue weighted by molar-refractivity contribution is 6.32. The minimum atomic E-state index is -0.218. The third-order valence-corrected chi connectivity index (χ3v) is 27.1. The number of pyridine rings is 2. The quantitative estimate of drug-likeness (QED) is 0.0608. The maximum Gasteiger partial charge on any atom is 0.409 e. The molecule has 24 heteroatoms. The molecule has 20 rings (SSSR count). The van der Waals surface area contributed by atoms with Gasteiger partial charge in [-0.2, -0.15) is 12.4 Å². The lowest BCUT2D eigenvalue weighted by atomic mass is 9.81. The van der Waals surface area contributed by atoms with E-state index in [-0.39, 0.29) is 12.2 Å². The van der Waals surface area contributed by atoms with Gasteiger partial charge in [0.25, 0.3) is 0 Å². The van der Waals surface area contributed by atoms with Gasteiger partial charge in [0.15, 0.2) is 5.52 Å². The van der Waals surface area contributed by atoms with Crippen LogP contribution in [0.25, 0.3) is 76.3 Å². The van der Waals surface area contributed by atoms with Crippen molar-refractivity contribution in [2.75, 3.05) is 65.6 Å². The maximum absolute atomic E-state index is 12.3. The van der Waals surface area contributed by atoms with Crippen molar-refractivity contribution in [3.63, 3.8) is 0 Å². The third-order valence-electron chi connectivity index (χ3n) is 26.2. The number of piperidine rings is 4. The first kappa shape index (κ1) is 90.3. The van der Waals surface area contributed by atoms with Crippen LogP contribution in [0, 0.1) is 11.8 Å². The average Bonchev–Trinajstić information content (AvgIpc) is 1.61. The van der Waals surface area contributed by atoms with E-state index in [2.05, 4.69) is 146 Å². The Morgan fingerprint density at radius 2 is 0.946 bits per heavy atom. The minimum Gasteiger partial charge on any atom is -0.663 e. The summed E-state index contributed by atoms with van der Waals surface area (Å²) >= 11 is 26.0. The fourth-order valence-corrected chi connectivity index (χ4v) is 20.7. The Bertz CT molecular complexity index is 6260. The minimum absolute atomic E-state index is 0.218. The van der Waals surface area contributed by atoms with E-state index in [4.69, 9.17) is 76.5 Å². The standard InChI is InChI=1S/2C28H30ClN4O2.2C25H26ClN4/c2*1-2-35-28(34)33-14-9-20(10-15-33)26-24-8-7-23(29)18-25(24)21(6-4-13-32-16-12-30-19-32)17-22-5-3-11-31-27(22)26;2*26-21-5-6-22-23(16-21)19(4-2-13-30-14-12-28-17-30)15-20-3-1-9-29-25(20)24(22)18-7-10-27-11-8-18/h2*3,5,7-8,11-12,16-20H,2,4,6,9-10,13-15H2,1H3;2*1,3,5-6,9,12,14-18,27H,2,4,7-8,10-11,13H2/q-1;+1;-1;+1. The molecule has 2 aliphatic carbocycles. The summed E-state index contributed by atoms with van der Waals surface area (Å²) in [6, 6.07) is 38.2. The molecule has 2 amide bonds. The number of carbonyl (C=O) groups excluding carboxylic acids is 2. The molecule has 12 heterocycles. The number of benzene rings is 4. The number of carbonyl (C=O) groups is 2. The SMILES string of the molecule is CCOC(=O)N1CCC(C2=C3[N-]C=CC=C3C=C(CCCn3ccnc3)c3cc(Cl)ccc32)CC1.CCOC(=O)N1CCC(c2c3ncccc3cc(CCCn3ccnc3)[c+]3cc(Cl)ccc23)CC1.Clc1ccc2c(c1)C(CCCn1ccnc1)=CC1=CC=C[N-]C1=C2C1CCNCC1.Clc1ccc2c(c1)c(CCCn1ccnc1)cc1cccnc1[c+]2C1CCNCC1. The highest BCUT2D eigenvalue weighted by Crippen LogP contribution is 2.50. The maximum atomic E-state index is 12.3. The van der Waals surface area contributed by atoms with E-state index in [1.54, 1.807) is 0 Å². The summed E-state index contributed by atoms with van der Waals surface area (Å²) in [6.45, 7) is 15.2. The van der Waals surface area contributed by atoms with Crippen molar-refractivity contribution in [3.8, 4) is 0 Å². The van der Waals surface area contributed by atoms with Crippen LogP contribution < -0.4 is 10.6 Å². The number of hydrogen-bond donors (Lipinski definition) is 2. The number of aryl methyl sites for hydroxylation is 6. The van der Waals surface area contributed by atoms with Gasteiger partial charge in [0.1, 0.15) is 15.9 Å². The van der Waals surface area contributed by atoms with Gasteiger partial charge in [-0.05, 0) is 259 Å². The van der Waals surface area contributed by atoms with Crippen molar-refractivity contribution in [2.24, 2.45) is 11.8 Å². The normalized spacial score (nSPS) is 16.5. The molecule has 0 atom stereocenters. The zero-order chi connectivity index (χ0) is 89.1. The predicted octanol–water partition coefficient (Wildman–Crippen LogP) is 24.9. The monoisotopic (exact) mass is 1810 g/mol. The van der Waals surface area contributed by atoms with E-state index in [0.717, 1.165) is 209 Å². The molecule has 130 heavy (non-hydrogen) atoms. The van der Waals surface area contributed by atoms with Gasteiger partial charge in [-0.25, -0.2) is 39.5 Å². The zero-order valence-electron chi connectivity index (χ0n) is 74.0. The van der Waals surface area contributed by atoms with Crippen molar-refractivity contribution in [1.29, 1.82) is 0 Å². The van der Waals surface area contributed by atoms with Gasteiger partial charge in [-0.1, -0.05) is 94.5 Å². The second kappa shape index (κ2) is 43.9. The first-order chi connectivity index (χ1) is 63.9. The molecule has 6 aromatic heterocycles. The van der Waals surface area contributed by atoms with Gasteiger partial charge >= 0.3 is 12.2 Å². The lowest BCUT2D eigenvalue weighted by molar-refractivity contribution is 0.0955. The van der Waals surface area contributed by atoms with E-state index >= 15 is 0 Å². The highest BCUT2D eigenvalue weighted by atomic mass is 35.5. The second-order valence-corrected chi connectivity index (χ2v) is 36.2. The van der Waals surface area contributed by atoms with E-state index < -0.39 is 0 Å². The van der Waals surface area contributed by atoms with Crippen LogP contribution in [0.5, 0.6) is 0 Å². The number of aromatic nitrogens is 10. The fraction of sp³-hybridized carbons (Fsp3) is 0.340. The molecule has 668 valence electrons. The molecule has 4 fully saturated rings. The van der Waals surface area contributed by atoms with Gasteiger partial charge in [0.2, 0.25) is 0 Å². The summed E-state index contributed by atoms with van der Waals surface area (Å²) in [5.41, 5.74) is 22.2. The number of nitrogens with one attached hydrogen (secondary N) is 2. The smallest absolute Gasteiger partial charge is 0.409 e. The van der Waals surface area contributed by atoms with Crippen molar-refractivity contribution in [3.05, 3.63) is 343 Å². The van der Waals surface area contributed by atoms with Gasteiger partial charge < -0.3 is 58.8 Å². The molecule has 0 bridgehead atoms. The second-order valence-electron chi connectivity index (χ2n) is 34.4. The van der Waals surface area contributed by atoms with Crippen molar-refractivity contribution in [1.82, 2.24) is 68.6 Å². The number of amides is 2. The molecular weight excluding hydrogens is 1700 g/mol. The molecule has 6 aromatic carbocycles. The number of likely N-dealkylation sites (tertiary alicyclic amines) is 2. The number of imidazole rings is 4. The molecule has 0 radical (unpaired) electrons. The molecule has 4 saturated heterocycles. The molecule has 6 aliphatic heterocycles. The van der Waals surface area contributed by atoms with Gasteiger partial charge in [0, 0.05) is 201 Å². The number of halogens is 4. The molecule has 2 N–H and O–H groups in total. The fourth-order valence-electron chi connectivity index (χ4n) is 20.0. The highest BCUT2D eigenvalue weighted by Gasteiger charge is 2.35. The van der Waals surface area contributed by atoms with Crippen LogP contribution >= 0.6 is 46.4 Å². The van der Waals surface area contributed by atoms with Crippen LogP contribution in [-0.4, -0.2) is 136 Å². The van der Waals surface area contributed by atoms with Crippen molar-refractivity contribution < 1.29 is 19.1 Å². The molecule has 8 aliphatic rings. The van der Waals surface area contributed by atoms with Gasteiger partial charge in [-0.3, -0.25) is 0 Å². The summed E-state index contributed by atoms with van der Waals surface area (Å²) in [6.07, 6.45) is 59.0.